The van der Waals surface area contributed by atoms with Crippen LogP contribution in [0.5, 0.6) is 0 Å². The Morgan fingerprint density at radius 1 is 0.833 bits per heavy atom. The lowest BCUT2D eigenvalue weighted by molar-refractivity contribution is -0.0580. The molecule has 0 heterocycles. The molecule has 2 bridgehead atoms. The van der Waals surface area contributed by atoms with Crippen molar-refractivity contribution in [1.29, 1.82) is 0 Å². The molecule has 2 saturated carbocycles. The molecular formula is C24H28N2O4. The van der Waals surface area contributed by atoms with Crippen LogP contribution in [0, 0.1) is 16.7 Å². The Bertz CT molecular complexity index is 915. The van der Waals surface area contributed by atoms with Gasteiger partial charge in [0.15, 0.2) is 0 Å². The molecule has 0 unspecified atom stereocenters. The van der Waals surface area contributed by atoms with Gasteiger partial charge in [0, 0.05) is 22.7 Å². The van der Waals surface area contributed by atoms with Crippen molar-refractivity contribution in [1.82, 2.24) is 0 Å². The summed E-state index contributed by atoms with van der Waals surface area (Å²) in [6.45, 7) is 6.48. The Balaban J connectivity index is 1.50. The average Bonchev–Trinajstić information content (AvgIpc) is 3.03. The molecule has 4 atom stereocenters. The van der Waals surface area contributed by atoms with E-state index in [2.05, 4.69) is 31.4 Å². The third-order valence-corrected chi connectivity index (χ3v) is 7.21. The van der Waals surface area contributed by atoms with Crippen molar-refractivity contribution < 1.29 is 19.1 Å². The van der Waals surface area contributed by atoms with E-state index in [4.69, 9.17) is 9.47 Å². The third-order valence-electron chi connectivity index (χ3n) is 7.21. The molecule has 0 spiro atoms. The van der Waals surface area contributed by atoms with Crippen molar-refractivity contribution in [2.45, 2.75) is 45.8 Å². The van der Waals surface area contributed by atoms with Gasteiger partial charge in [-0.15, -0.1) is 0 Å². The first kappa shape index (κ1) is 20.3. The molecule has 0 aliphatic heterocycles. The van der Waals surface area contributed by atoms with Crippen LogP contribution < -0.4 is 10.6 Å². The van der Waals surface area contributed by atoms with Gasteiger partial charge < -0.3 is 9.47 Å². The highest BCUT2D eigenvalue weighted by Crippen LogP contribution is 2.67. The van der Waals surface area contributed by atoms with Crippen LogP contribution in [-0.4, -0.2) is 24.4 Å². The van der Waals surface area contributed by atoms with E-state index >= 15 is 0 Å². The van der Waals surface area contributed by atoms with E-state index in [-0.39, 0.29) is 16.7 Å². The molecule has 2 aromatic carbocycles. The molecule has 2 fully saturated rings. The highest BCUT2D eigenvalue weighted by molar-refractivity contribution is 5.85. The highest BCUT2D eigenvalue weighted by Gasteiger charge is 2.69. The van der Waals surface area contributed by atoms with Gasteiger partial charge in [-0.05, 0) is 42.5 Å². The fraction of sp³-hybridized carbons (Fsp3) is 0.417. The number of carbonyl (C=O) groups is 2. The fourth-order valence-corrected chi connectivity index (χ4v) is 5.14. The van der Waals surface area contributed by atoms with Crippen LogP contribution in [0.4, 0.5) is 21.0 Å². The summed E-state index contributed by atoms with van der Waals surface area (Å²) in [6.07, 6.45) is -0.218. The molecule has 2 aliphatic rings. The number of para-hydroxylation sites is 2. The molecule has 158 valence electrons. The fourth-order valence-electron chi connectivity index (χ4n) is 5.14. The number of benzene rings is 2. The van der Waals surface area contributed by atoms with Gasteiger partial charge >= 0.3 is 12.2 Å². The zero-order valence-electron chi connectivity index (χ0n) is 17.6. The minimum absolute atomic E-state index is 0.123. The molecule has 6 heteroatoms. The summed E-state index contributed by atoms with van der Waals surface area (Å²) in [5, 5.41) is 5.53. The Morgan fingerprint density at radius 2 is 1.33 bits per heavy atom. The van der Waals surface area contributed by atoms with Crippen molar-refractivity contribution in [3.8, 4) is 0 Å². The molecule has 4 rings (SSSR count). The van der Waals surface area contributed by atoms with E-state index in [0.717, 1.165) is 12.8 Å². The van der Waals surface area contributed by atoms with Crippen molar-refractivity contribution >= 4 is 23.6 Å². The van der Waals surface area contributed by atoms with E-state index in [1.54, 1.807) is 24.3 Å². The first-order chi connectivity index (χ1) is 14.3. The number of hydrogen-bond acceptors (Lipinski definition) is 4. The lowest BCUT2D eigenvalue weighted by Gasteiger charge is -2.38. The predicted octanol–water partition coefficient (Wildman–Crippen LogP) is 5.68. The molecule has 2 aliphatic carbocycles. The van der Waals surface area contributed by atoms with Crippen molar-refractivity contribution in [3.63, 3.8) is 0 Å². The van der Waals surface area contributed by atoms with Crippen LogP contribution >= 0.6 is 0 Å². The van der Waals surface area contributed by atoms with E-state index in [9.17, 15) is 9.59 Å². The Hall–Kier alpha value is -3.02. The minimum atomic E-state index is -0.534. The number of carbonyl (C=O) groups excluding carboxylic acids is 2. The van der Waals surface area contributed by atoms with Crippen molar-refractivity contribution in [2.75, 3.05) is 10.6 Å². The largest absolute Gasteiger partial charge is 0.442 e. The molecule has 2 N–H and O–H groups in total. The number of hydrogen-bond donors (Lipinski definition) is 2. The van der Waals surface area contributed by atoms with Gasteiger partial charge in [-0.2, -0.15) is 0 Å². The lowest BCUT2D eigenvalue weighted by Crippen LogP contribution is -2.46. The van der Waals surface area contributed by atoms with Crippen molar-refractivity contribution in [3.05, 3.63) is 60.7 Å². The van der Waals surface area contributed by atoms with Gasteiger partial charge in [-0.1, -0.05) is 57.2 Å². The van der Waals surface area contributed by atoms with Crippen LogP contribution in [0.2, 0.25) is 0 Å². The molecule has 2 amide bonds. The minimum Gasteiger partial charge on any atom is -0.442 e. The maximum absolute atomic E-state index is 12.6. The molecule has 0 radical (unpaired) electrons. The standard InChI is InChI=1S/C24H28N2O4/c1-23(2)18-14-15-24(23,3)20(30-22(28)26-17-12-8-5-9-13-17)19(18)29-21(27)25-16-10-6-4-7-11-16/h4-13,18-20H,14-15H2,1-3H3,(H,25,27)(H,26,28)/t18-,19+,20+,24+/m1/s1. The van der Waals surface area contributed by atoms with Gasteiger partial charge in [0.25, 0.3) is 0 Å². The zero-order chi connectivity index (χ0) is 21.4. The maximum atomic E-state index is 12.6. The average molecular weight is 408 g/mol. The quantitative estimate of drug-likeness (QED) is 0.683. The van der Waals surface area contributed by atoms with Gasteiger partial charge in [-0.25, -0.2) is 9.59 Å². The smallest absolute Gasteiger partial charge is 0.412 e. The lowest BCUT2D eigenvalue weighted by atomic mass is 9.70. The van der Waals surface area contributed by atoms with E-state index in [1.165, 1.54) is 0 Å². The number of anilines is 2. The number of nitrogens with one attached hydrogen (secondary N) is 2. The van der Waals surface area contributed by atoms with E-state index in [1.807, 2.05) is 36.4 Å². The van der Waals surface area contributed by atoms with Crippen LogP contribution in [-0.2, 0) is 9.47 Å². The predicted molar refractivity (Wildman–Crippen MR) is 115 cm³/mol. The van der Waals surface area contributed by atoms with E-state index < -0.39 is 24.4 Å². The summed E-state index contributed by atoms with van der Waals surface area (Å²) in [6, 6.07) is 18.3. The summed E-state index contributed by atoms with van der Waals surface area (Å²) in [5.41, 5.74) is 0.927. The maximum Gasteiger partial charge on any atom is 0.412 e. The number of ether oxygens (including phenoxy) is 2. The highest BCUT2D eigenvalue weighted by atomic mass is 16.6. The molecule has 0 aromatic heterocycles. The number of fused-ring (bicyclic) bond motifs is 2. The zero-order valence-corrected chi connectivity index (χ0v) is 17.6. The normalized spacial score (nSPS) is 28.6. The van der Waals surface area contributed by atoms with Gasteiger partial charge in [0.2, 0.25) is 0 Å². The summed E-state index contributed by atoms with van der Waals surface area (Å²) in [5.74, 6) is 0.124. The summed E-state index contributed by atoms with van der Waals surface area (Å²) < 4.78 is 11.8. The summed E-state index contributed by atoms with van der Waals surface area (Å²) in [4.78, 5) is 25.2. The first-order valence-corrected chi connectivity index (χ1v) is 10.4. The van der Waals surface area contributed by atoms with Gasteiger partial charge in [0.05, 0.1) is 0 Å². The van der Waals surface area contributed by atoms with Crippen molar-refractivity contribution in [2.24, 2.45) is 16.7 Å². The summed E-state index contributed by atoms with van der Waals surface area (Å²) >= 11 is 0. The SMILES string of the molecule is CC1(C)[C@@H]2CC[C@@]1(C)[C@@H](OC(=O)Nc1ccccc1)[C@H]2OC(=O)Nc1ccccc1. The topological polar surface area (TPSA) is 76.7 Å². The monoisotopic (exact) mass is 408 g/mol. The Morgan fingerprint density at radius 3 is 1.87 bits per heavy atom. The van der Waals surface area contributed by atoms with Crippen LogP contribution in [0.25, 0.3) is 0 Å². The van der Waals surface area contributed by atoms with Gasteiger partial charge in [-0.3, -0.25) is 10.6 Å². The second-order valence-corrected chi connectivity index (χ2v) is 8.96. The summed E-state index contributed by atoms with van der Waals surface area (Å²) in [7, 11) is 0. The number of rotatable bonds is 4. The van der Waals surface area contributed by atoms with Crippen LogP contribution in [0.1, 0.15) is 33.6 Å². The van der Waals surface area contributed by atoms with Crippen LogP contribution in [0.15, 0.2) is 60.7 Å². The molecule has 6 nitrogen and oxygen atoms in total. The molecule has 2 aromatic rings. The Kier molecular flexibility index (Phi) is 5.18. The molecule has 30 heavy (non-hydrogen) atoms. The third kappa shape index (κ3) is 3.51. The molecular weight excluding hydrogens is 380 g/mol. The second-order valence-electron chi connectivity index (χ2n) is 8.96. The van der Waals surface area contributed by atoms with E-state index in [0.29, 0.717) is 11.4 Å². The molecule has 0 saturated heterocycles. The van der Waals surface area contributed by atoms with Crippen LogP contribution in [0.3, 0.4) is 0 Å². The first-order valence-electron chi connectivity index (χ1n) is 10.4. The Labute approximate surface area is 177 Å². The number of amides is 2. The van der Waals surface area contributed by atoms with Gasteiger partial charge in [0.1, 0.15) is 12.2 Å². The second kappa shape index (κ2) is 7.67.